The summed E-state index contributed by atoms with van der Waals surface area (Å²) in [5.41, 5.74) is 1.50. The molecule has 1 heterocycles. The molecule has 0 aromatic carbocycles. The number of urea groups is 1. The molecule has 3 N–H and O–H groups in total. The Bertz CT molecular complexity index is 216. The Balaban J connectivity index is 2.76. The smallest absolute Gasteiger partial charge is 0.311 e. The fourth-order valence-corrected chi connectivity index (χ4v) is 1.00. The van der Waals surface area contributed by atoms with Crippen molar-refractivity contribution in [2.24, 2.45) is 5.84 Å². The van der Waals surface area contributed by atoms with Gasteiger partial charge in [-0.2, -0.15) is 17.6 Å². The highest BCUT2D eigenvalue weighted by Gasteiger charge is 2.63. The largest absolute Gasteiger partial charge is 0.331 e. The summed E-state index contributed by atoms with van der Waals surface area (Å²) in [5.74, 6) is -3.76. The summed E-state index contributed by atoms with van der Waals surface area (Å²) in [6.45, 7) is -2.63. The van der Waals surface area contributed by atoms with Crippen molar-refractivity contribution < 1.29 is 22.4 Å². The molecule has 1 rings (SSSR count). The molecular formula is C5H7F4N3O. The van der Waals surface area contributed by atoms with E-state index in [0.717, 1.165) is 0 Å². The highest BCUT2D eigenvalue weighted by Crippen LogP contribution is 2.40. The number of nitrogens with two attached hydrogens (primary N) is 1. The van der Waals surface area contributed by atoms with Gasteiger partial charge >= 0.3 is 17.9 Å². The molecular weight excluding hydrogens is 194 g/mol. The van der Waals surface area contributed by atoms with E-state index >= 15 is 0 Å². The second kappa shape index (κ2) is 2.72. The third-order valence-corrected chi connectivity index (χ3v) is 1.72. The van der Waals surface area contributed by atoms with Crippen molar-refractivity contribution in [2.75, 3.05) is 13.1 Å². The lowest BCUT2D eigenvalue weighted by atomic mass is 10.2. The van der Waals surface area contributed by atoms with Gasteiger partial charge < -0.3 is 4.90 Å². The van der Waals surface area contributed by atoms with Gasteiger partial charge in [-0.15, -0.1) is 0 Å². The number of alkyl halides is 4. The predicted octanol–water partition coefficient (Wildman–Crippen LogP) is 0.156. The predicted molar refractivity (Wildman–Crippen MR) is 34.2 cm³/mol. The van der Waals surface area contributed by atoms with Crippen LogP contribution in [-0.4, -0.2) is 35.9 Å². The average molecular weight is 201 g/mol. The van der Waals surface area contributed by atoms with Gasteiger partial charge in [-0.1, -0.05) is 0 Å². The summed E-state index contributed by atoms with van der Waals surface area (Å²) in [7, 11) is 0. The number of nitrogens with zero attached hydrogens (tertiary/aromatic N) is 1. The molecule has 0 saturated carbocycles. The molecule has 0 unspecified atom stereocenters. The van der Waals surface area contributed by atoms with Crippen molar-refractivity contribution in [2.45, 2.75) is 11.8 Å². The average Bonchev–Trinajstić information content (AvgIpc) is 2.20. The molecule has 0 radical (unpaired) electrons. The number of hydrazine groups is 1. The maximum Gasteiger partial charge on any atom is 0.331 e. The zero-order chi connectivity index (χ0) is 10.3. The highest BCUT2D eigenvalue weighted by molar-refractivity contribution is 5.74. The fraction of sp³-hybridized carbons (Fsp3) is 0.800. The Hall–Kier alpha value is -1.05. The maximum absolute atomic E-state index is 12.5. The summed E-state index contributed by atoms with van der Waals surface area (Å²) in [6, 6.07) is -1.14. The topological polar surface area (TPSA) is 58.4 Å². The molecule has 8 heteroatoms. The summed E-state index contributed by atoms with van der Waals surface area (Å²) in [5, 5.41) is 0. The number of halogens is 4. The van der Waals surface area contributed by atoms with Crippen molar-refractivity contribution in [3.63, 3.8) is 0 Å². The number of nitrogens with one attached hydrogen (secondary N) is 1. The third kappa shape index (κ3) is 1.53. The van der Waals surface area contributed by atoms with Gasteiger partial charge in [-0.05, 0) is 0 Å². The molecule has 1 aliphatic heterocycles. The number of carbonyl (C=O) groups excluding carboxylic acids is 1. The second-order valence-electron chi connectivity index (χ2n) is 2.71. The van der Waals surface area contributed by atoms with Gasteiger partial charge in [0.05, 0.1) is 13.1 Å². The lowest BCUT2D eigenvalue weighted by Crippen LogP contribution is -2.43. The van der Waals surface area contributed by atoms with Crippen LogP contribution in [0.5, 0.6) is 0 Å². The zero-order valence-corrected chi connectivity index (χ0v) is 6.36. The first-order valence-electron chi connectivity index (χ1n) is 3.31. The minimum atomic E-state index is -4.18. The molecule has 76 valence electrons. The molecule has 0 aliphatic carbocycles. The van der Waals surface area contributed by atoms with E-state index in [9.17, 15) is 22.4 Å². The van der Waals surface area contributed by atoms with Crippen LogP contribution in [0, 0.1) is 0 Å². The van der Waals surface area contributed by atoms with Crippen LogP contribution in [-0.2, 0) is 0 Å². The molecule has 4 nitrogen and oxygen atoms in total. The van der Waals surface area contributed by atoms with Crippen LogP contribution in [0.4, 0.5) is 22.4 Å². The Morgan fingerprint density at radius 3 is 1.92 bits per heavy atom. The number of amides is 2. The molecule has 1 fully saturated rings. The maximum atomic E-state index is 12.5. The van der Waals surface area contributed by atoms with Crippen molar-refractivity contribution in [3.05, 3.63) is 0 Å². The van der Waals surface area contributed by atoms with Crippen LogP contribution < -0.4 is 11.3 Å². The summed E-state index contributed by atoms with van der Waals surface area (Å²) in [4.78, 5) is 10.9. The number of hydrogen-bond acceptors (Lipinski definition) is 2. The minimum absolute atomic E-state index is 0.264. The quantitative estimate of drug-likeness (QED) is 0.254. The first-order valence-corrected chi connectivity index (χ1v) is 3.31. The Labute approximate surface area is 70.6 Å². The Morgan fingerprint density at radius 1 is 1.23 bits per heavy atom. The molecule has 0 aromatic heterocycles. The fourth-order valence-electron chi connectivity index (χ4n) is 1.00. The summed E-state index contributed by atoms with van der Waals surface area (Å²) in [6.07, 6.45) is 0. The van der Waals surface area contributed by atoms with Gasteiger partial charge in [0.25, 0.3) is 0 Å². The lowest BCUT2D eigenvalue weighted by molar-refractivity contribution is -0.172. The molecule has 0 atom stereocenters. The van der Waals surface area contributed by atoms with Gasteiger partial charge in [-0.25, -0.2) is 10.6 Å². The first-order chi connectivity index (χ1) is 5.80. The molecule has 0 aromatic rings. The standard InChI is InChI=1S/C5H7F4N3O/c6-4(7)1-12(3(13)11-10)2-5(4,8)9/h1-2,10H2,(H,11,13). The molecule has 1 aliphatic rings. The zero-order valence-electron chi connectivity index (χ0n) is 6.36. The monoisotopic (exact) mass is 201 g/mol. The van der Waals surface area contributed by atoms with Gasteiger partial charge in [0.2, 0.25) is 0 Å². The van der Waals surface area contributed by atoms with E-state index in [0.29, 0.717) is 0 Å². The lowest BCUT2D eigenvalue weighted by Gasteiger charge is -2.14. The van der Waals surface area contributed by atoms with Crippen molar-refractivity contribution in [1.29, 1.82) is 0 Å². The molecule has 0 bridgehead atoms. The van der Waals surface area contributed by atoms with E-state index in [1.807, 2.05) is 0 Å². The van der Waals surface area contributed by atoms with Crippen LogP contribution in [0.1, 0.15) is 0 Å². The SMILES string of the molecule is NNC(=O)N1CC(F)(F)C(F)(F)C1. The van der Waals surface area contributed by atoms with Gasteiger partial charge in [0.15, 0.2) is 0 Å². The Morgan fingerprint density at radius 2 is 1.62 bits per heavy atom. The molecule has 13 heavy (non-hydrogen) atoms. The highest BCUT2D eigenvalue weighted by atomic mass is 19.3. The van der Waals surface area contributed by atoms with Crippen LogP contribution in [0.25, 0.3) is 0 Å². The number of hydrogen-bond donors (Lipinski definition) is 2. The Kier molecular flexibility index (Phi) is 2.10. The van der Waals surface area contributed by atoms with E-state index in [-0.39, 0.29) is 4.90 Å². The van der Waals surface area contributed by atoms with E-state index in [1.54, 1.807) is 0 Å². The van der Waals surface area contributed by atoms with Gasteiger partial charge in [0, 0.05) is 0 Å². The van der Waals surface area contributed by atoms with E-state index in [1.165, 1.54) is 5.43 Å². The number of carbonyl (C=O) groups is 1. The van der Waals surface area contributed by atoms with E-state index in [2.05, 4.69) is 5.84 Å². The summed E-state index contributed by atoms with van der Waals surface area (Å²) < 4.78 is 49.8. The van der Waals surface area contributed by atoms with Crippen molar-refractivity contribution in [1.82, 2.24) is 10.3 Å². The molecule has 2 amide bonds. The van der Waals surface area contributed by atoms with Crippen LogP contribution >= 0.6 is 0 Å². The number of rotatable bonds is 0. The number of likely N-dealkylation sites (tertiary alicyclic amines) is 1. The van der Waals surface area contributed by atoms with Gasteiger partial charge in [-0.3, -0.25) is 5.43 Å². The van der Waals surface area contributed by atoms with Crippen LogP contribution in [0.15, 0.2) is 0 Å². The van der Waals surface area contributed by atoms with E-state index < -0.39 is 31.0 Å². The normalized spacial score (nSPS) is 24.5. The minimum Gasteiger partial charge on any atom is -0.311 e. The van der Waals surface area contributed by atoms with E-state index in [4.69, 9.17) is 0 Å². The molecule has 0 spiro atoms. The summed E-state index contributed by atoms with van der Waals surface area (Å²) >= 11 is 0. The third-order valence-electron chi connectivity index (χ3n) is 1.72. The van der Waals surface area contributed by atoms with Gasteiger partial charge in [0.1, 0.15) is 0 Å². The van der Waals surface area contributed by atoms with Crippen LogP contribution in [0.3, 0.4) is 0 Å². The second-order valence-corrected chi connectivity index (χ2v) is 2.71. The van der Waals surface area contributed by atoms with Crippen molar-refractivity contribution in [3.8, 4) is 0 Å². The first kappa shape index (κ1) is 10.0. The molecule has 1 saturated heterocycles. The van der Waals surface area contributed by atoms with Crippen LogP contribution in [0.2, 0.25) is 0 Å². The van der Waals surface area contributed by atoms with Crippen molar-refractivity contribution >= 4 is 6.03 Å².